The number of hydrogen-bond acceptors (Lipinski definition) is 4. The lowest BCUT2D eigenvalue weighted by atomic mass is 10.2. The Morgan fingerprint density at radius 2 is 1.96 bits per heavy atom. The van der Waals surface area contributed by atoms with Gasteiger partial charge in [0.05, 0.1) is 24.6 Å². The van der Waals surface area contributed by atoms with Crippen molar-refractivity contribution in [3.63, 3.8) is 0 Å². The van der Waals surface area contributed by atoms with Crippen LogP contribution in [0.4, 0.5) is 16.2 Å². The number of nitrogens with one attached hydrogen (secondary N) is 2. The van der Waals surface area contributed by atoms with E-state index in [2.05, 4.69) is 15.5 Å². The van der Waals surface area contributed by atoms with Crippen molar-refractivity contribution < 1.29 is 14.3 Å². The lowest BCUT2D eigenvalue weighted by Crippen LogP contribution is -2.38. The molecule has 0 unspecified atom stereocenters. The van der Waals surface area contributed by atoms with E-state index in [0.29, 0.717) is 25.2 Å². The SMILES string of the molecule is O=C(NCCCN1CCOCC1)Nc1ccccc1N1CCCC1=O. The minimum absolute atomic E-state index is 0.111. The number of anilines is 2. The van der Waals surface area contributed by atoms with E-state index in [-0.39, 0.29) is 11.9 Å². The van der Waals surface area contributed by atoms with Gasteiger partial charge in [-0.25, -0.2) is 4.79 Å². The molecule has 1 aromatic carbocycles. The molecule has 0 saturated carbocycles. The summed E-state index contributed by atoms with van der Waals surface area (Å²) in [6, 6.07) is 7.21. The molecule has 136 valence electrons. The first-order chi connectivity index (χ1) is 12.2. The van der Waals surface area contributed by atoms with Gasteiger partial charge in [0.15, 0.2) is 0 Å². The van der Waals surface area contributed by atoms with Crippen LogP contribution in [-0.4, -0.2) is 62.8 Å². The van der Waals surface area contributed by atoms with Crippen LogP contribution in [0.25, 0.3) is 0 Å². The molecule has 0 aromatic heterocycles. The number of hydrogen-bond donors (Lipinski definition) is 2. The third-order valence-corrected chi connectivity index (χ3v) is 4.56. The molecule has 2 N–H and O–H groups in total. The molecule has 2 saturated heterocycles. The van der Waals surface area contributed by atoms with Crippen molar-refractivity contribution in [3.05, 3.63) is 24.3 Å². The molecule has 0 aliphatic carbocycles. The summed E-state index contributed by atoms with van der Waals surface area (Å²) in [5, 5.41) is 5.76. The van der Waals surface area contributed by atoms with Gasteiger partial charge in [0.25, 0.3) is 0 Å². The number of ether oxygens (including phenoxy) is 1. The zero-order valence-corrected chi connectivity index (χ0v) is 14.5. The van der Waals surface area contributed by atoms with E-state index in [1.54, 1.807) is 4.90 Å². The first-order valence-electron chi connectivity index (χ1n) is 8.98. The molecular formula is C18H26N4O3. The molecule has 2 fully saturated rings. The second-order valence-corrected chi connectivity index (χ2v) is 6.35. The predicted molar refractivity (Wildman–Crippen MR) is 96.9 cm³/mol. The summed E-state index contributed by atoms with van der Waals surface area (Å²) in [4.78, 5) is 28.2. The van der Waals surface area contributed by atoms with E-state index in [4.69, 9.17) is 4.74 Å². The van der Waals surface area contributed by atoms with Crippen LogP contribution in [0.15, 0.2) is 24.3 Å². The van der Waals surface area contributed by atoms with Gasteiger partial charge < -0.3 is 20.3 Å². The zero-order valence-electron chi connectivity index (χ0n) is 14.5. The summed E-state index contributed by atoms with van der Waals surface area (Å²) in [6.07, 6.45) is 2.34. The molecule has 0 atom stereocenters. The number of para-hydroxylation sites is 2. The Morgan fingerprint density at radius 1 is 1.16 bits per heavy atom. The van der Waals surface area contributed by atoms with Gasteiger partial charge in [0.1, 0.15) is 0 Å². The number of carbonyl (C=O) groups is 2. The first-order valence-corrected chi connectivity index (χ1v) is 8.98. The van der Waals surface area contributed by atoms with Gasteiger partial charge >= 0.3 is 6.03 Å². The Bertz CT molecular complexity index is 602. The Hall–Kier alpha value is -2.12. The fourth-order valence-corrected chi connectivity index (χ4v) is 3.21. The van der Waals surface area contributed by atoms with Crippen molar-refractivity contribution in [2.24, 2.45) is 0 Å². The molecule has 7 heteroatoms. The number of carbonyl (C=O) groups excluding carboxylic acids is 2. The molecule has 0 spiro atoms. The lowest BCUT2D eigenvalue weighted by molar-refractivity contribution is -0.117. The van der Waals surface area contributed by atoms with Gasteiger partial charge in [0, 0.05) is 32.6 Å². The molecule has 7 nitrogen and oxygen atoms in total. The summed E-state index contributed by atoms with van der Waals surface area (Å²) in [6.45, 7) is 5.79. The molecular weight excluding hydrogens is 320 g/mol. The van der Waals surface area contributed by atoms with Gasteiger partial charge in [-0.05, 0) is 31.5 Å². The van der Waals surface area contributed by atoms with E-state index < -0.39 is 0 Å². The number of benzene rings is 1. The van der Waals surface area contributed by atoms with Crippen molar-refractivity contribution in [1.82, 2.24) is 10.2 Å². The minimum Gasteiger partial charge on any atom is -0.379 e. The number of nitrogens with zero attached hydrogens (tertiary/aromatic N) is 2. The van der Waals surface area contributed by atoms with Crippen LogP contribution in [0.1, 0.15) is 19.3 Å². The van der Waals surface area contributed by atoms with Gasteiger partial charge in [-0.1, -0.05) is 12.1 Å². The van der Waals surface area contributed by atoms with Gasteiger partial charge in [-0.2, -0.15) is 0 Å². The van der Waals surface area contributed by atoms with Crippen LogP contribution in [-0.2, 0) is 9.53 Å². The Labute approximate surface area is 148 Å². The van der Waals surface area contributed by atoms with E-state index in [0.717, 1.165) is 51.4 Å². The van der Waals surface area contributed by atoms with E-state index >= 15 is 0 Å². The number of urea groups is 1. The van der Waals surface area contributed by atoms with Crippen molar-refractivity contribution in [2.45, 2.75) is 19.3 Å². The topological polar surface area (TPSA) is 73.9 Å². The van der Waals surface area contributed by atoms with E-state index in [1.165, 1.54) is 0 Å². The summed E-state index contributed by atoms with van der Waals surface area (Å²) < 4.78 is 5.32. The van der Waals surface area contributed by atoms with Gasteiger partial charge in [-0.3, -0.25) is 9.69 Å². The van der Waals surface area contributed by atoms with Crippen molar-refractivity contribution in [3.8, 4) is 0 Å². The maximum atomic E-state index is 12.2. The van der Waals surface area contributed by atoms with Crippen molar-refractivity contribution in [2.75, 3.05) is 56.2 Å². The maximum Gasteiger partial charge on any atom is 0.319 e. The normalized spacial score (nSPS) is 18.4. The molecule has 0 radical (unpaired) electrons. The van der Waals surface area contributed by atoms with Crippen LogP contribution in [0.3, 0.4) is 0 Å². The first kappa shape index (κ1) is 17.7. The molecule has 3 rings (SSSR count). The fourth-order valence-electron chi connectivity index (χ4n) is 3.21. The summed E-state index contributed by atoms with van der Waals surface area (Å²) >= 11 is 0. The average molecular weight is 346 g/mol. The molecule has 1 aromatic rings. The van der Waals surface area contributed by atoms with E-state index in [9.17, 15) is 9.59 Å². The smallest absolute Gasteiger partial charge is 0.319 e. The molecule has 0 bridgehead atoms. The van der Waals surface area contributed by atoms with Gasteiger partial charge in [-0.15, -0.1) is 0 Å². The van der Waals surface area contributed by atoms with Gasteiger partial charge in [0.2, 0.25) is 5.91 Å². The molecule has 3 amide bonds. The average Bonchev–Trinajstić information content (AvgIpc) is 3.06. The maximum absolute atomic E-state index is 12.2. The molecule has 25 heavy (non-hydrogen) atoms. The highest BCUT2D eigenvalue weighted by Gasteiger charge is 2.24. The third-order valence-electron chi connectivity index (χ3n) is 4.56. The Balaban J connectivity index is 1.45. The molecule has 2 aliphatic heterocycles. The standard InChI is InChI=1S/C18H26N4O3/c23-17-7-3-10-22(17)16-6-2-1-5-15(16)20-18(24)19-8-4-9-21-11-13-25-14-12-21/h1-2,5-6H,3-4,7-14H2,(H2,19,20,24). The zero-order chi connectivity index (χ0) is 17.5. The summed E-state index contributed by atoms with van der Waals surface area (Å²) in [5.74, 6) is 0.111. The molecule has 2 aliphatic rings. The van der Waals surface area contributed by atoms with Crippen LogP contribution in [0.5, 0.6) is 0 Å². The van der Waals surface area contributed by atoms with Crippen LogP contribution >= 0.6 is 0 Å². The molecule has 2 heterocycles. The van der Waals surface area contributed by atoms with Crippen molar-refractivity contribution >= 4 is 23.3 Å². The Kier molecular flexibility index (Phi) is 6.25. The van der Waals surface area contributed by atoms with Crippen LogP contribution in [0, 0.1) is 0 Å². The van der Waals surface area contributed by atoms with E-state index in [1.807, 2.05) is 24.3 Å². The third kappa shape index (κ3) is 4.93. The van der Waals surface area contributed by atoms with Crippen LogP contribution in [0.2, 0.25) is 0 Å². The fraction of sp³-hybridized carbons (Fsp3) is 0.556. The monoisotopic (exact) mass is 346 g/mol. The highest BCUT2D eigenvalue weighted by Crippen LogP contribution is 2.29. The highest BCUT2D eigenvalue weighted by atomic mass is 16.5. The highest BCUT2D eigenvalue weighted by molar-refractivity contribution is 6.01. The minimum atomic E-state index is -0.235. The van der Waals surface area contributed by atoms with Crippen molar-refractivity contribution in [1.29, 1.82) is 0 Å². The predicted octanol–water partition coefficient (Wildman–Crippen LogP) is 1.66. The van der Waals surface area contributed by atoms with Crippen LogP contribution < -0.4 is 15.5 Å². The Morgan fingerprint density at radius 3 is 2.72 bits per heavy atom. The number of rotatable bonds is 6. The summed E-state index contributed by atoms with van der Waals surface area (Å²) in [7, 11) is 0. The lowest BCUT2D eigenvalue weighted by Gasteiger charge is -2.26. The quantitative estimate of drug-likeness (QED) is 0.768. The second kappa shape index (κ2) is 8.82. The number of amides is 3. The number of morpholine rings is 1. The summed E-state index contributed by atoms with van der Waals surface area (Å²) in [5.41, 5.74) is 1.44. The largest absolute Gasteiger partial charge is 0.379 e. The second-order valence-electron chi connectivity index (χ2n) is 6.35.